The molecule has 1 aromatic carbocycles. The van der Waals surface area contributed by atoms with Crippen LogP contribution in [-0.2, 0) is 12.8 Å². The van der Waals surface area contributed by atoms with Crippen molar-refractivity contribution in [1.82, 2.24) is 5.32 Å². The van der Waals surface area contributed by atoms with Crippen LogP contribution < -0.4 is 5.32 Å². The van der Waals surface area contributed by atoms with Crippen molar-refractivity contribution < 1.29 is 0 Å². The maximum absolute atomic E-state index is 3.65. The van der Waals surface area contributed by atoms with Gasteiger partial charge in [0.15, 0.2) is 0 Å². The summed E-state index contributed by atoms with van der Waals surface area (Å²) in [6.07, 6.45) is 3.68. The summed E-state index contributed by atoms with van der Waals surface area (Å²) in [7, 11) is 2.09. The summed E-state index contributed by atoms with van der Waals surface area (Å²) in [5, 5.41) is 3.55. The van der Waals surface area contributed by atoms with E-state index in [2.05, 4.69) is 65.5 Å². The molecule has 1 aromatic heterocycles. The Morgan fingerprint density at radius 3 is 2.70 bits per heavy atom. The minimum Gasteiger partial charge on any atom is -0.312 e. The summed E-state index contributed by atoms with van der Waals surface area (Å²) in [5.74, 6) is 0.694. The highest BCUT2D eigenvalue weighted by molar-refractivity contribution is 9.11. The van der Waals surface area contributed by atoms with Gasteiger partial charge < -0.3 is 5.32 Å². The monoisotopic (exact) mass is 349 g/mol. The number of fused-ring (bicyclic) bond motifs is 1. The smallest absolute Gasteiger partial charge is 0.0731 e. The van der Waals surface area contributed by atoms with Crippen LogP contribution in [0.4, 0.5) is 0 Å². The number of aryl methyl sites for hydroxylation is 2. The Labute approximate surface area is 133 Å². The average Bonchev–Trinajstić information content (AvgIpc) is 2.79. The van der Waals surface area contributed by atoms with Crippen LogP contribution in [0.2, 0.25) is 0 Å². The van der Waals surface area contributed by atoms with Crippen LogP contribution in [0.5, 0.6) is 0 Å². The fourth-order valence-electron chi connectivity index (χ4n) is 3.26. The molecule has 0 saturated carbocycles. The quantitative estimate of drug-likeness (QED) is 0.832. The van der Waals surface area contributed by atoms with E-state index in [4.69, 9.17) is 0 Å². The van der Waals surface area contributed by atoms with Gasteiger partial charge in [0.1, 0.15) is 0 Å². The standard InChI is InChI=1S/C17H20BrNS/c1-11-9-15(20-17(11)18)16(19-2)14-8-7-12-5-3-4-6-13(12)10-14/h3-6,9,14,16,19H,7-8,10H2,1-2H3. The van der Waals surface area contributed by atoms with Crippen LogP contribution in [-0.4, -0.2) is 7.05 Å². The lowest BCUT2D eigenvalue weighted by molar-refractivity contribution is 0.346. The number of hydrogen-bond donors (Lipinski definition) is 1. The second-order valence-corrected chi connectivity index (χ2v) is 8.05. The molecule has 1 heterocycles. The molecular weight excluding hydrogens is 330 g/mol. The Morgan fingerprint density at radius 2 is 2.05 bits per heavy atom. The van der Waals surface area contributed by atoms with E-state index in [1.54, 1.807) is 5.56 Å². The van der Waals surface area contributed by atoms with Crippen LogP contribution in [0.25, 0.3) is 0 Å². The van der Waals surface area contributed by atoms with Crippen molar-refractivity contribution in [2.45, 2.75) is 32.2 Å². The first-order valence-corrected chi connectivity index (χ1v) is 8.80. The van der Waals surface area contributed by atoms with E-state index < -0.39 is 0 Å². The Morgan fingerprint density at radius 1 is 1.30 bits per heavy atom. The Balaban J connectivity index is 1.85. The van der Waals surface area contributed by atoms with E-state index >= 15 is 0 Å². The van der Waals surface area contributed by atoms with Gasteiger partial charge in [-0.1, -0.05) is 24.3 Å². The Kier molecular flexibility index (Phi) is 4.29. The minimum atomic E-state index is 0.471. The van der Waals surface area contributed by atoms with Gasteiger partial charge in [-0.3, -0.25) is 0 Å². The minimum absolute atomic E-state index is 0.471. The van der Waals surface area contributed by atoms with Gasteiger partial charge >= 0.3 is 0 Å². The molecule has 2 aromatic rings. The van der Waals surface area contributed by atoms with Crippen molar-refractivity contribution >= 4 is 27.3 Å². The molecule has 2 unspecified atom stereocenters. The van der Waals surface area contributed by atoms with Gasteiger partial charge in [-0.2, -0.15) is 0 Å². The highest BCUT2D eigenvalue weighted by Gasteiger charge is 2.27. The number of halogens is 1. The molecule has 0 aliphatic heterocycles. The van der Waals surface area contributed by atoms with Crippen molar-refractivity contribution in [3.63, 3.8) is 0 Å². The molecule has 1 nitrogen and oxygen atoms in total. The number of rotatable bonds is 3. The predicted octanol–water partition coefficient (Wildman–Crippen LogP) is 4.88. The van der Waals surface area contributed by atoms with E-state index in [1.807, 2.05) is 11.3 Å². The van der Waals surface area contributed by atoms with Gasteiger partial charge in [-0.25, -0.2) is 0 Å². The molecule has 1 aliphatic rings. The molecule has 0 bridgehead atoms. The zero-order valence-corrected chi connectivity index (χ0v) is 14.4. The highest BCUT2D eigenvalue weighted by Crippen LogP contribution is 2.39. The molecule has 0 amide bonds. The number of thiophene rings is 1. The molecule has 0 fully saturated rings. The van der Waals surface area contributed by atoms with Crippen LogP contribution in [0.3, 0.4) is 0 Å². The second kappa shape index (κ2) is 6.00. The number of hydrogen-bond acceptors (Lipinski definition) is 2. The van der Waals surface area contributed by atoms with Gasteiger partial charge in [-0.05, 0) is 77.8 Å². The average molecular weight is 350 g/mol. The summed E-state index contributed by atoms with van der Waals surface area (Å²) in [6, 6.07) is 11.7. The van der Waals surface area contributed by atoms with Crippen molar-refractivity contribution in [1.29, 1.82) is 0 Å². The molecule has 2 atom stereocenters. The lowest BCUT2D eigenvalue weighted by atomic mass is 9.79. The van der Waals surface area contributed by atoms with Gasteiger partial charge in [0, 0.05) is 10.9 Å². The van der Waals surface area contributed by atoms with Gasteiger partial charge in [0.05, 0.1) is 3.79 Å². The van der Waals surface area contributed by atoms with Crippen LogP contribution >= 0.6 is 27.3 Å². The van der Waals surface area contributed by atoms with Crippen LogP contribution in [0.1, 0.15) is 34.0 Å². The molecular formula is C17H20BrNS. The van der Waals surface area contributed by atoms with Gasteiger partial charge in [-0.15, -0.1) is 11.3 Å². The fraction of sp³-hybridized carbons (Fsp3) is 0.412. The van der Waals surface area contributed by atoms with E-state index in [1.165, 1.54) is 39.1 Å². The van der Waals surface area contributed by atoms with Crippen molar-refractivity contribution in [2.24, 2.45) is 5.92 Å². The maximum atomic E-state index is 3.65. The number of benzene rings is 1. The number of nitrogens with one attached hydrogen (secondary N) is 1. The van der Waals surface area contributed by atoms with Crippen LogP contribution in [0.15, 0.2) is 34.1 Å². The SMILES string of the molecule is CNC(c1cc(C)c(Br)s1)C1CCc2ccccc2C1. The first kappa shape index (κ1) is 14.3. The predicted molar refractivity (Wildman–Crippen MR) is 90.5 cm³/mol. The third kappa shape index (κ3) is 2.72. The molecule has 3 heteroatoms. The van der Waals surface area contributed by atoms with Gasteiger partial charge in [0.2, 0.25) is 0 Å². The molecule has 106 valence electrons. The maximum Gasteiger partial charge on any atom is 0.0731 e. The summed E-state index contributed by atoms with van der Waals surface area (Å²) >= 11 is 5.53. The molecule has 20 heavy (non-hydrogen) atoms. The lowest BCUT2D eigenvalue weighted by Gasteiger charge is -2.31. The van der Waals surface area contributed by atoms with Crippen molar-refractivity contribution in [2.75, 3.05) is 7.05 Å². The summed E-state index contributed by atoms with van der Waals surface area (Å²) in [6.45, 7) is 2.17. The van der Waals surface area contributed by atoms with Crippen molar-refractivity contribution in [3.8, 4) is 0 Å². The fourth-order valence-corrected chi connectivity index (χ4v) is 5.03. The molecule has 1 N–H and O–H groups in total. The third-order valence-electron chi connectivity index (χ3n) is 4.35. The molecule has 3 rings (SSSR count). The Bertz CT molecular complexity index is 585. The topological polar surface area (TPSA) is 12.0 Å². The molecule has 1 aliphatic carbocycles. The molecule has 0 saturated heterocycles. The van der Waals surface area contributed by atoms with E-state index in [0.717, 1.165) is 0 Å². The summed E-state index contributed by atoms with van der Waals surface area (Å²) in [5.41, 5.74) is 4.43. The summed E-state index contributed by atoms with van der Waals surface area (Å²) < 4.78 is 1.27. The highest BCUT2D eigenvalue weighted by atomic mass is 79.9. The Hall–Kier alpha value is -0.640. The zero-order chi connectivity index (χ0) is 14.1. The largest absolute Gasteiger partial charge is 0.312 e. The summed E-state index contributed by atoms with van der Waals surface area (Å²) in [4.78, 5) is 1.46. The van der Waals surface area contributed by atoms with Crippen molar-refractivity contribution in [3.05, 3.63) is 55.7 Å². The van der Waals surface area contributed by atoms with Crippen LogP contribution in [0, 0.1) is 12.8 Å². The first-order valence-electron chi connectivity index (χ1n) is 7.19. The van der Waals surface area contributed by atoms with E-state index in [9.17, 15) is 0 Å². The molecule has 0 radical (unpaired) electrons. The van der Waals surface area contributed by atoms with Gasteiger partial charge in [0.25, 0.3) is 0 Å². The molecule has 0 spiro atoms. The van der Waals surface area contributed by atoms with E-state index in [0.29, 0.717) is 12.0 Å². The third-order valence-corrected chi connectivity index (χ3v) is 6.57. The second-order valence-electron chi connectivity index (χ2n) is 5.64. The normalized spacial score (nSPS) is 19.6. The van der Waals surface area contributed by atoms with E-state index in [-0.39, 0.29) is 0 Å². The first-order chi connectivity index (χ1) is 9.69. The zero-order valence-electron chi connectivity index (χ0n) is 11.9. The lowest BCUT2D eigenvalue weighted by Crippen LogP contribution is -2.29.